The minimum absolute atomic E-state index is 0.0217. The lowest BCUT2D eigenvalue weighted by molar-refractivity contribution is 0.0682. The monoisotopic (exact) mass is 492 g/mol. The van der Waals surface area contributed by atoms with Crippen LogP contribution in [0, 0.1) is 6.92 Å². The molecule has 1 atom stereocenters. The Labute approximate surface area is 207 Å². The zero-order chi connectivity index (χ0) is 24.7. The van der Waals surface area contributed by atoms with Gasteiger partial charge in [0.1, 0.15) is 11.5 Å². The van der Waals surface area contributed by atoms with E-state index in [2.05, 4.69) is 10.3 Å². The van der Waals surface area contributed by atoms with Crippen LogP contribution in [-0.4, -0.2) is 57.1 Å². The van der Waals surface area contributed by atoms with Gasteiger partial charge in [0, 0.05) is 49.5 Å². The highest BCUT2D eigenvalue weighted by molar-refractivity contribution is 7.21. The normalized spacial score (nSPS) is 15.8. The molecule has 182 valence electrons. The summed E-state index contributed by atoms with van der Waals surface area (Å²) in [7, 11) is 1.93. The van der Waals surface area contributed by atoms with Gasteiger partial charge in [-0.05, 0) is 44.9 Å². The number of hydrogen-bond donors (Lipinski definition) is 2. The lowest BCUT2D eigenvalue weighted by Crippen LogP contribution is -2.37. The van der Waals surface area contributed by atoms with Gasteiger partial charge in [-0.15, -0.1) is 11.3 Å². The maximum Gasteiger partial charge on any atom is 0.264 e. The smallest absolute Gasteiger partial charge is 0.264 e. The first-order valence-corrected chi connectivity index (χ1v) is 12.6. The summed E-state index contributed by atoms with van der Waals surface area (Å²) < 4.78 is 9.05. The van der Waals surface area contributed by atoms with Crippen LogP contribution < -0.4 is 10.1 Å². The number of aryl methyl sites for hydroxylation is 1. The van der Waals surface area contributed by atoms with E-state index in [1.165, 1.54) is 11.3 Å². The number of likely N-dealkylation sites (tertiary alicyclic amines) is 1. The van der Waals surface area contributed by atoms with Crippen molar-refractivity contribution in [1.29, 1.82) is 0 Å². The zero-order valence-electron chi connectivity index (χ0n) is 20.0. The third-order valence-corrected chi connectivity index (χ3v) is 7.82. The molecule has 1 aromatic carbocycles. The average molecular weight is 493 g/mol. The van der Waals surface area contributed by atoms with Gasteiger partial charge in [-0.2, -0.15) is 0 Å². The number of aliphatic hydroxyl groups is 1. The molecule has 5 rings (SSSR count). The SMILES string of the molecule is CCNC(=O)c1c(C)n(C)c2cc(Oc3ccnc4cc(C(=O)N5CCC[C@H]5CO)sc34)ccc12. The molecule has 3 aromatic heterocycles. The van der Waals surface area contributed by atoms with Crippen LogP contribution in [0.4, 0.5) is 0 Å². The first kappa shape index (κ1) is 23.3. The second kappa shape index (κ2) is 9.31. The van der Waals surface area contributed by atoms with Crippen molar-refractivity contribution in [1.82, 2.24) is 19.8 Å². The molecule has 0 aliphatic carbocycles. The van der Waals surface area contributed by atoms with E-state index >= 15 is 0 Å². The topological polar surface area (TPSA) is 96.7 Å². The van der Waals surface area contributed by atoms with E-state index in [-0.39, 0.29) is 24.5 Å². The number of hydrogen-bond acceptors (Lipinski definition) is 6. The second-order valence-corrected chi connectivity index (χ2v) is 9.82. The van der Waals surface area contributed by atoms with Crippen LogP contribution in [0.15, 0.2) is 36.5 Å². The van der Waals surface area contributed by atoms with Crippen molar-refractivity contribution >= 4 is 44.3 Å². The predicted molar refractivity (Wildman–Crippen MR) is 137 cm³/mol. The van der Waals surface area contributed by atoms with E-state index in [0.29, 0.717) is 40.5 Å². The highest BCUT2D eigenvalue weighted by Gasteiger charge is 2.30. The maximum atomic E-state index is 13.1. The van der Waals surface area contributed by atoms with Gasteiger partial charge in [0.25, 0.3) is 11.8 Å². The Bertz CT molecular complexity index is 1440. The Morgan fingerprint density at radius 2 is 2.11 bits per heavy atom. The Kier molecular flexibility index (Phi) is 6.21. The summed E-state index contributed by atoms with van der Waals surface area (Å²) in [6.45, 7) is 5.04. The Balaban J connectivity index is 1.48. The molecule has 2 amide bonds. The van der Waals surface area contributed by atoms with Crippen LogP contribution in [0.2, 0.25) is 0 Å². The van der Waals surface area contributed by atoms with Gasteiger partial charge >= 0.3 is 0 Å². The van der Waals surface area contributed by atoms with Crippen LogP contribution in [-0.2, 0) is 7.05 Å². The number of nitrogens with zero attached hydrogens (tertiary/aromatic N) is 3. The highest BCUT2D eigenvalue weighted by atomic mass is 32.1. The number of pyridine rings is 1. The largest absolute Gasteiger partial charge is 0.456 e. The van der Waals surface area contributed by atoms with Gasteiger partial charge in [-0.3, -0.25) is 14.6 Å². The van der Waals surface area contributed by atoms with Crippen molar-refractivity contribution in [3.8, 4) is 11.5 Å². The number of amides is 2. The summed E-state index contributed by atoms with van der Waals surface area (Å²) in [6, 6.07) is 9.15. The van der Waals surface area contributed by atoms with E-state index in [4.69, 9.17) is 4.74 Å². The molecule has 8 nitrogen and oxygen atoms in total. The molecule has 1 saturated heterocycles. The van der Waals surface area contributed by atoms with Crippen LogP contribution in [0.25, 0.3) is 21.1 Å². The number of aromatic nitrogens is 2. The quantitative estimate of drug-likeness (QED) is 0.420. The molecule has 0 radical (unpaired) electrons. The van der Waals surface area contributed by atoms with Crippen molar-refractivity contribution < 1.29 is 19.4 Å². The number of benzene rings is 1. The van der Waals surface area contributed by atoms with Crippen LogP contribution >= 0.6 is 11.3 Å². The molecular formula is C26H28N4O4S. The molecule has 1 fully saturated rings. The van der Waals surface area contributed by atoms with Crippen LogP contribution in [0.1, 0.15) is 45.5 Å². The maximum absolute atomic E-state index is 13.1. The van der Waals surface area contributed by atoms with Crippen molar-refractivity contribution in [3.05, 3.63) is 52.7 Å². The number of fused-ring (bicyclic) bond motifs is 2. The first-order chi connectivity index (χ1) is 16.9. The number of ether oxygens (including phenoxy) is 1. The molecule has 4 heterocycles. The Hall–Kier alpha value is -3.43. The summed E-state index contributed by atoms with van der Waals surface area (Å²) >= 11 is 1.35. The second-order valence-electron chi connectivity index (χ2n) is 8.77. The van der Waals surface area contributed by atoms with Gasteiger partial charge in [0.15, 0.2) is 0 Å². The summed E-state index contributed by atoms with van der Waals surface area (Å²) in [6.07, 6.45) is 3.39. The first-order valence-electron chi connectivity index (χ1n) is 11.8. The van der Waals surface area contributed by atoms with E-state index in [1.54, 1.807) is 23.2 Å². The molecule has 35 heavy (non-hydrogen) atoms. The molecule has 0 saturated carbocycles. The molecule has 4 aromatic rings. The summed E-state index contributed by atoms with van der Waals surface area (Å²) in [5, 5.41) is 13.4. The summed E-state index contributed by atoms with van der Waals surface area (Å²) in [4.78, 5) is 32.5. The predicted octanol–water partition coefficient (Wildman–Crippen LogP) is 4.24. The molecule has 0 unspecified atom stereocenters. The minimum Gasteiger partial charge on any atom is -0.456 e. The third kappa shape index (κ3) is 4.04. The fourth-order valence-corrected chi connectivity index (χ4v) is 5.83. The highest BCUT2D eigenvalue weighted by Crippen LogP contribution is 2.37. The standard InChI is InChI=1S/C26H28N4O4S/c1-4-27-25(32)23-15(2)29(3)20-12-17(7-8-18(20)23)34-21-9-10-28-19-13-22(35-24(19)21)26(33)30-11-5-6-16(30)14-31/h7-10,12-13,16,31H,4-6,11,14H2,1-3H3,(H,27,32)/t16-/m0/s1. The van der Waals surface area contributed by atoms with E-state index in [9.17, 15) is 14.7 Å². The molecule has 1 aliphatic rings. The van der Waals surface area contributed by atoms with Crippen molar-refractivity contribution in [3.63, 3.8) is 0 Å². The molecule has 2 N–H and O–H groups in total. The number of thiophene rings is 1. The number of carbonyl (C=O) groups excluding carboxylic acids is 2. The zero-order valence-corrected chi connectivity index (χ0v) is 20.8. The van der Waals surface area contributed by atoms with Crippen molar-refractivity contribution in [2.24, 2.45) is 7.05 Å². The number of nitrogens with one attached hydrogen (secondary N) is 1. The molecule has 1 aliphatic heterocycles. The van der Waals surface area contributed by atoms with E-state index in [0.717, 1.165) is 34.1 Å². The minimum atomic E-state index is -0.124. The van der Waals surface area contributed by atoms with Crippen LogP contribution in [0.5, 0.6) is 11.5 Å². The van der Waals surface area contributed by atoms with Crippen molar-refractivity contribution in [2.45, 2.75) is 32.7 Å². The van der Waals surface area contributed by atoms with E-state index in [1.807, 2.05) is 43.7 Å². The molecular weight excluding hydrogens is 464 g/mol. The van der Waals surface area contributed by atoms with Crippen LogP contribution in [0.3, 0.4) is 0 Å². The third-order valence-electron chi connectivity index (χ3n) is 6.69. The summed E-state index contributed by atoms with van der Waals surface area (Å²) in [5.74, 6) is 1.09. The van der Waals surface area contributed by atoms with Gasteiger partial charge in [0.2, 0.25) is 0 Å². The summed E-state index contributed by atoms with van der Waals surface area (Å²) in [5.41, 5.74) is 3.16. The van der Waals surface area contributed by atoms with Gasteiger partial charge in [-0.25, -0.2) is 0 Å². The molecule has 9 heteroatoms. The average Bonchev–Trinajstić information content (AvgIpc) is 3.56. The lowest BCUT2D eigenvalue weighted by Gasteiger charge is -2.22. The fraction of sp³-hybridized carbons (Fsp3) is 0.346. The van der Waals surface area contributed by atoms with E-state index < -0.39 is 0 Å². The molecule has 0 spiro atoms. The fourth-order valence-electron chi connectivity index (χ4n) is 4.80. The lowest BCUT2D eigenvalue weighted by atomic mass is 10.1. The Morgan fingerprint density at radius 1 is 1.29 bits per heavy atom. The van der Waals surface area contributed by atoms with Gasteiger partial charge < -0.3 is 24.6 Å². The number of rotatable bonds is 6. The Morgan fingerprint density at radius 3 is 2.89 bits per heavy atom. The number of aliphatic hydroxyl groups excluding tert-OH is 1. The van der Waals surface area contributed by atoms with Gasteiger partial charge in [-0.1, -0.05) is 0 Å². The number of carbonyl (C=O) groups is 2. The van der Waals surface area contributed by atoms with Gasteiger partial charge in [0.05, 0.1) is 38.8 Å². The van der Waals surface area contributed by atoms with Crippen molar-refractivity contribution in [2.75, 3.05) is 19.7 Å². The molecule has 0 bridgehead atoms.